The van der Waals surface area contributed by atoms with Gasteiger partial charge in [0.25, 0.3) is 0 Å². The van der Waals surface area contributed by atoms with Gasteiger partial charge in [0, 0.05) is 24.9 Å². The number of nitrogens with two attached hydrogens (primary N) is 1. The zero-order valence-electron chi connectivity index (χ0n) is 12.0. The highest BCUT2D eigenvalue weighted by Crippen LogP contribution is 2.13. The third-order valence-electron chi connectivity index (χ3n) is 3.49. The molecule has 0 aromatic carbocycles. The second-order valence-corrected chi connectivity index (χ2v) is 5.10. The van der Waals surface area contributed by atoms with Crippen LogP contribution < -0.4 is 5.73 Å². The molecule has 1 heterocycles. The summed E-state index contributed by atoms with van der Waals surface area (Å²) in [5.41, 5.74) is 6.43. The van der Waals surface area contributed by atoms with Crippen LogP contribution in [0.5, 0.6) is 0 Å². The molecule has 0 spiro atoms. The molecule has 4 heteroatoms. The van der Waals surface area contributed by atoms with E-state index < -0.39 is 5.54 Å². The van der Waals surface area contributed by atoms with Crippen molar-refractivity contribution in [2.45, 2.75) is 38.1 Å². The highest BCUT2D eigenvalue weighted by molar-refractivity contribution is 5.04. The fraction of sp³-hybridized carbons (Fsp3) is 0.600. The second kappa shape index (κ2) is 7.88. The molecule has 1 atom stereocenters. The van der Waals surface area contributed by atoms with Crippen LogP contribution in [0, 0.1) is 11.3 Å². The zero-order chi connectivity index (χ0) is 14.1. The van der Waals surface area contributed by atoms with Crippen LogP contribution in [0.4, 0.5) is 0 Å². The van der Waals surface area contributed by atoms with Gasteiger partial charge in [0.1, 0.15) is 5.54 Å². The molecule has 0 aliphatic heterocycles. The fourth-order valence-electron chi connectivity index (χ4n) is 1.94. The predicted octanol–water partition coefficient (Wildman–Crippen LogP) is 1.97. The van der Waals surface area contributed by atoms with E-state index in [9.17, 15) is 0 Å². The van der Waals surface area contributed by atoms with Gasteiger partial charge in [-0.05, 0) is 45.0 Å². The number of nitriles is 1. The van der Waals surface area contributed by atoms with E-state index in [1.165, 1.54) is 0 Å². The van der Waals surface area contributed by atoms with Crippen LogP contribution in [-0.2, 0) is 6.42 Å². The number of hydrogen-bond acceptors (Lipinski definition) is 4. The fourth-order valence-corrected chi connectivity index (χ4v) is 1.94. The van der Waals surface area contributed by atoms with Gasteiger partial charge in [0.15, 0.2) is 0 Å². The molecule has 0 amide bonds. The number of hydrogen-bond donors (Lipinski definition) is 1. The Kier molecular flexibility index (Phi) is 6.48. The summed E-state index contributed by atoms with van der Waals surface area (Å²) in [5, 5.41) is 9.01. The minimum absolute atomic E-state index is 0.651. The van der Waals surface area contributed by atoms with Crippen molar-refractivity contribution in [2.75, 3.05) is 20.1 Å². The molecule has 0 saturated carbocycles. The number of pyridine rings is 1. The maximum atomic E-state index is 9.01. The van der Waals surface area contributed by atoms with Crippen molar-refractivity contribution < 1.29 is 0 Å². The molecular formula is C15H24N4. The third kappa shape index (κ3) is 5.82. The average molecular weight is 260 g/mol. The SMILES string of the molecule is CCC(N)(C#N)CCCN(C)CCc1ccccn1. The summed E-state index contributed by atoms with van der Waals surface area (Å²) in [6, 6.07) is 8.20. The molecule has 1 aromatic rings. The van der Waals surface area contributed by atoms with E-state index in [0.717, 1.165) is 38.0 Å². The van der Waals surface area contributed by atoms with Gasteiger partial charge in [-0.15, -0.1) is 0 Å². The first-order valence-corrected chi connectivity index (χ1v) is 6.88. The molecule has 1 rings (SSSR count). The van der Waals surface area contributed by atoms with Gasteiger partial charge in [-0.2, -0.15) is 5.26 Å². The summed E-state index contributed by atoms with van der Waals surface area (Å²) in [5.74, 6) is 0. The van der Waals surface area contributed by atoms with Gasteiger partial charge < -0.3 is 10.6 Å². The molecule has 0 bridgehead atoms. The van der Waals surface area contributed by atoms with Crippen molar-refractivity contribution in [3.8, 4) is 6.07 Å². The highest BCUT2D eigenvalue weighted by Gasteiger charge is 2.21. The first kappa shape index (κ1) is 15.6. The van der Waals surface area contributed by atoms with Crippen molar-refractivity contribution in [2.24, 2.45) is 5.73 Å². The Morgan fingerprint density at radius 2 is 2.21 bits per heavy atom. The Balaban J connectivity index is 2.22. The molecule has 1 unspecified atom stereocenters. The quantitative estimate of drug-likeness (QED) is 0.776. The molecule has 0 fully saturated rings. The third-order valence-corrected chi connectivity index (χ3v) is 3.49. The average Bonchev–Trinajstić information content (AvgIpc) is 2.46. The monoisotopic (exact) mass is 260 g/mol. The van der Waals surface area contributed by atoms with Crippen molar-refractivity contribution >= 4 is 0 Å². The Bertz CT molecular complexity index is 398. The number of nitrogens with zero attached hydrogens (tertiary/aromatic N) is 3. The van der Waals surface area contributed by atoms with Crippen molar-refractivity contribution in [1.29, 1.82) is 5.26 Å². The lowest BCUT2D eigenvalue weighted by Crippen LogP contribution is -2.38. The van der Waals surface area contributed by atoms with Crippen LogP contribution in [0.3, 0.4) is 0 Å². The van der Waals surface area contributed by atoms with Gasteiger partial charge in [0.05, 0.1) is 6.07 Å². The Morgan fingerprint density at radius 1 is 1.42 bits per heavy atom. The van der Waals surface area contributed by atoms with Gasteiger partial charge in [0.2, 0.25) is 0 Å². The molecule has 19 heavy (non-hydrogen) atoms. The van der Waals surface area contributed by atoms with Crippen LogP contribution in [0.15, 0.2) is 24.4 Å². The van der Waals surface area contributed by atoms with E-state index in [1.54, 1.807) is 0 Å². The van der Waals surface area contributed by atoms with Crippen molar-refractivity contribution in [3.63, 3.8) is 0 Å². The minimum atomic E-state index is -0.651. The summed E-state index contributed by atoms with van der Waals surface area (Å²) in [6.07, 6.45) is 5.20. The van der Waals surface area contributed by atoms with E-state index in [-0.39, 0.29) is 0 Å². The van der Waals surface area contributed by atoms with Crippen LogP contribution in [0.2, 0.25) is 0 Å². The smallest absolute Gasteiger partial charge is 0.104 e. The van der Waals surface area contributed by atoms with Crippen LogP contribution >= 0.6 is 0 Å². The van der Waals surface area contributed by atoms with E-state index in [1.807, 2.05) is 31.3 Å². The predicted molar refractivity (Wildman–Crippen MR) is 77.5 cm³/mol. The van der Waals surface area contributed by atoms with E-state index in [2.05, 4.69) is 23.0 Å². The molecule has 2 N–H and O–H groups in total. The molecule has 104 valence electrons. The summed E-state index contributed by atoms with van der Waals surface area (Å²) in [4.78, 5) is 6.57. The lowest BCUT2D eigenvalue weighted by molar-refractivity contribution is 0.314. The zero-order valence-corrected chi connectivity index (χ0v) is 12.0. The maximum Gasteiger partial charge on any atom is 0.104 e. The van der Waals surface area contributed by atoms with Gasteiger partial charge in [-0.3, -0.25) is 4.98 Å². The number of aromatic nitrogens is 1. The normalized spacial score (nSPS) is 14.1. The summed E-state index contributed by atoms with van der Waals surface area (Å²) in [6.45, 7) is 3.91. The molecule has 0 saturated heterocycles. The standard InChI is InChI=1S/C15H24N4/c1-3-15(17,13-16)9-6-11-19(2)12-8-14-7-4-5-10-18-14/h4-5,7,10H,3,6,8-9,11-12,17H2,1-2H3. The molecule has 1 aromatic heterocycles. The van der Waals surface area contributed by atoms with E-state index in [0.29, 0.717) is 6.42 Å². The second-order valence-electron chi connectivity index (χ2n) is 5.10. The van der Waals surface area contributed by atoms with Gasteiger partial charge >= 0.3 is 0 Å². The Morgan fingerprint density at radius 3 is 2.79 bits per heavy atom. The number of rotatable bonds is 8. The van der Waals surface area contributed by atoms with Gasteiger partial charge in [-0.1, -0.05) is 13.0 Å². The summed E-state index contributed by atoms with van der Waals surface area (Å²) >= 11 is 0. The Hall–Kier alpha value is -1.44. The lowest BCUT2D eigenvalue weighted by atomic mass is 9.93. The molecule has 4 nitrogen and oxygen atoms in total. The molecular weight excluding hydrogens is 236 g/mol. The largest absolute Gasteiger partial charge is 0.313 e. The maximum absolute atomic E-state index is 9.01. The lowest BCUT2D eigenvalue weighted by Gasteiger charge is -2.21. The summed E-state index contributed by atoms with van der Waals surface area (Å²) in [7, 11) is 2.10. The Labute approximate surface area is 116 Å². The first-order chi connectivity index (χ1) is 9.09. The van der Waals surface area contributed by atoms with Crippen LogP contribution in [0.1, 0.15) is 31.9 Å². The highest BCUT2D eigenvalue weighted by atomic mass is 15.1. The van der Waals surface area contributed by atoms with E-state index >= 15 is 0 Å². The van der Waals surface area contributed by atoms with Gasteiger partial charge in [-0.25, -0.2) is 0 Å². The molecule has 0 radical (unpaired) electrons. The summed E-state index contributed by atoms with van der Waals surface area (Å²) < 4.78 is 0. The van der Waals surface area contributed by atoms with Crippen LogP contribution in [0.25, 0.3) is 0 Å². The van der Waals surface area contributed by atoms with Crippen LogP contribution in [-0.4, -0.2) is 35.6 Å². The number of likely N-dealkylation sites (N-methyl/N-ethyl adjacent to an activating group) is 1. The van der Waals surface area contributed by atoms with Crippen molar-refractivity contribution in [3.05, 3.63) is 30.1 Å². The van der Waals surface area contributed by atoms with Crippen molar-refractivity contribution in [1.82, 2.24) is 9.88 Å². The minimum Gasteiger partial charge on any atom is -0.313 e. The first-order valence-electron chi connectivity index (χ1n) is 6.88. The molecule has 0 aliphatic carbocycles. The van der Waals surface area contributed by atoms with E-state index in [4.69, 9.17) is 11.0 Å². The topological polar surface area (TPSA) is 65.9 Å². The molecule has 0 aliphatic rings.